The van der Waals surface area contributed by atoms with Crippen LogP contribution in [0, 0.1) is 6.92 Å². The molecule has 0 radical (unpaired) electrons. The fourth-order valence-electron chi connectivity index (χ4n) is 1.20. The monoisotopic (exact) mass is 264 g/mol. The third kappa shape index (κ3) is 4.17. The molecule has 1 atom stereocenters. The Bertz CT molecular complexity index is 428. The van der Waals surface area contributed by atoms with Crippen LogP contribution in [0.5, 0.6) is 0 Å². The predicted octanol–water partition coefficient (Wildman–Crippen LogP) is 0.814. The van der Waals surface area contributed by atoms with Crippen molar-refractivity contribution in [2.75, 3.05) is 12.4 Å². The molecule has 0 bridgehead atoms. The maximum Gasteiger partial charge on any atom is 0.212 e. The van der Waals surface area contributed by atoms with E-state index >= 15 is 0 Å². The number of sulfonamides is 1. The molecule has 0 aliphatic carbocycles. The molecule has 0 aliphatic rings. The van der Waals surface area contributed by atoms with Gasteiger partial charge in [-0.2, -0.15) is 0 Å². The molecule has 1 heterocycles. The first-order valence-electron chi connectivity index (χ1n) is 4.97. The van der Waals surface area contributed by atoms with Crippen LogP contribution in [-0.2, 0) is 10.0 Å². The minimum absolute atomic E-state index is 0.0573. The first kappa shape index (κ1) is 13.6. The Morgan fingerprint density at radius 2 is 2.31 bits per heavy atom. The summed E-state index contributed by atoms with van der Waals surface area (Å²) in [6.45, 7) is 3.51. The van der Waals surface area contributed by atoms with Gasteiger partial charge < -0.3 is 5.11 Å². The van der Waals surface area contributed by atoms with E-state index in [9.17, 15) is 8.42 Å². The van der Waals surface area contributed by atoms with E-state index in [-0.39, 0.29) is 24.8 Å². The zero-order valence-corrected chi connectivity index (χ0v) is 10.9. The van der Waals surface area contributed by atoms with Crippen molar-refractivity contribution in [1.29, 1.82) is 0 Å². The van der Waals surface area contributed by atoms with Crippen LogP contribution in [0.4, 0.5) is 0 Å². The number of rotatable bonds is 6. The first-order chi connectivity index (χ1) is 7.44. The summed E-state index contributed by atoms with van der Waals surface area (Å²) in [5, 5.41) is 11.2. The van der Waals surface area contributed by atoms with Gasteiger partial charge in [0.1, 0.15) is 5.01 Å². The molecule has 16 heavy (non-hydrogen) atoms. The van der Waals surface area contributed by atoms with Crippen LogP contribution in [0.2, 0.25) is 0 Å². The van der Waals surface area contributed by atoms with Gasteiger partial charge in [-0.25, -0.2) is 18.1 Å². The Kier molecular flexibility index (Phi) is 4.85. The highest BCUT2D eigenvalue weighted by molar-refractivity contribution is 7.89. The molecule has 0 saturated carbocycles. The molecule has 0 aromatic carbocycles. The average Bonchev–Trinajstić information content (AvgIpc) is 2.61. The van der Waals surface area contributed by atoms with Gasteiger partial charge in [-0.3, -0.25) is 0 Å². The zero-order valence-electron chi connectivity index (χ0n) is 9.30. The first-order valence-corrected chi connectivity index (χ1v) is 7.50. The molecule has 1 aromatic heterocycles. The molecule has 5 nitrogen and oxygen atoms in total. The highest BCUT2D eigenvalue weighted by Crippen LogP contribution is 2.18. The number of thiazole rings is 1. The van der Waals surface area contributed by atoms with Crippen LogP contribution >= 0.6 is 11.3 Å². The molecule has 0 spiro atoms. The number of aryl methyl sites for hydroxylation is 1. The van der Waals surface area contributed by atoms with E-state index in [0.29, 0.717) is 0 Å². The maximum atomic E-state index is 11.5. The summed E-state index contributed by atoms with van der Waals surface area (Å²) in [6.07, 6.45) is 0.249. The lowest BCUT2D eigenvalue weighted by atomic mass is 10.4. The second-order valence-electron chi connectivity index (χ2n) is 3.56. The van der Waals surface area contributed by atoms with Gasteiger partial charge in [0.2, 0.25) is 10.0 Å². The summed E-state index contributed by atoms with van der Waals surface area (Å²) < 4.78 is 25.6. The lowest BCUT2D eigenvalue weighted by Crippen LogP contribution is -2.29. The molecule has 1 aromatic rings. The van der Waals surface area contributed by atoms with Gasteiger partial charge in [-0.1, -0.05) is 0 Å². The van der Waals surface area contributed by atoms with Gasteiger partial charge >= 0.3 is 0 Å². The Balaban J connectivity index is 2.60. The van der Waals surface area contributed by atoms with Crippen molar-refractivity contribution in [3.05, 3.63) is 16.1 Å². The minimum atomic E-state index is -3.33. The van der Waals surface area contributed by atoms with Crippen LogP contribution < -0.4 is 4.72 Å². The van der Waals surface area contributed by atoms with E-state index in [0.717, 1.165) is 10.7 Å². The summed E-state index contributed by atoms with van der Waals surface area (Å²) in [4.78, 5) is 4.22. The van der Waals surface area contributed by atoms with Crippen molar-refractivity contribution in [1.82, 2.24) is 9.71 Å². The lowest BCUT2D eigenvalue weighted by Gasteiger charge is -2.11. The lowest BCUT2D eigenvalue weighted by molar-refractivity contribution is 0.295. The second-order valence-corrected chi connectivity index (χ2v) is 6.33. The number of hydrogen-bond acceptors (Lipinski definition) is 5. The molecule has 1 rings (SSSR count). The smallest absolute Gasteiger partial charge is 0.212 e. The van der Waals surface area contributed by atoms with Crippen molar-refractivity contribution < 1.29 is 13.5 Å². The van der Waals surface area contributed by atoms with E-state index in [2.05, 4.69) is 9.71 Å². The SMILES string of the molecule is Cc1csc(C(C)NS(=O)(=O)CCCO)n1. The topological polar surface area (TPSA) is 79.3 Å². The van der Waals surface area contributed by atoms with E-state index in [1.807, 2.05) is 12.3 Å². The quantitative estimate of drug-likeness (QED) is 0.797. The molecule has 0 amide bonds. The molecule has 0 aliphatic heterocycles. The number of nitrogens with one attached hydrogen (secondary N) is 1. The van der Waals surface area contributed by atoms with E-state index in [1.54, 1.807) is 6.92 Å². The molecule has 0 fully saturated rings. The zero-order chi connectivity index (χ0) is 12.2. The highest BCUT2D eigenvalue weighted by atomic mass is 32.2. The van der Waals surface area contributed by atoms with Crippen molar-refractivity contribution in [2.45, 2.75) is 26.3 Å². The van der Waals surface area contributed by atoms with Crippen molar-refractivity contribution in [2.24, 2.45) is 0 Å². The van der Waals surface area contributed by atoms with E-state index in [4.69, 9.17) is 5.11 Å². The summed E-state index contributed by atoms with van der Waals surface area (Å²) in [5.41, 5.74) is 0.890. The number of hydrogen-bond donors (Lipinski definition) is 2. The highest BCUT2D eigenvalue weighted by Gasteiger charge is 2.17. The van der Waals surface area contributed by atoms with Crippen molar-refractivity contribution in [3.63, 3.8) is 0 Å². The summed E-state index contributed by atoms with van der Waals surface area (Å²) in [6, 6.07) is -0.317. The summed E-state index contributed by atoms with van der Waals surface area (Å²) >= 11 is 1.43. The normalized spacial score (nSPS) is 13.9. The average molecular weight is 264 g/mol. The van der Waals surface area contributed by atoms with Crippen molar-refractivity contribution >= 4 is 21.4 Å². The standard InChI is InChI=1S/C9H16N2O3S2/c1-7-6-15-9(10-7)8(2)11-16(13,14)5-3-4-12/h6,8,11-12H,3-5H2,1-2H3. The van der Waals surface area contributed by atoms with Gasteiger partial charge in [0, 0.05) is 17.7 Å². The number of aliphatic hydroxyl groups is 1. The van der Waals surface area contributed by atoms with Crippen LogP contribution in [0.15, 0.2) is 5.38 Å². The molecule has 0 saturated heterocycles. The Hall–Kier alpha value is -0.500. The number of aromatic nitrogens is 1. The molecule has 7 heteroatoms. The largest absolute Gasteiger partial charge is 0.396 e. The Morgan fingerprint density at radius 1 is 1.62 bits per heavy atom. The summed E-state index contributed by atoms with van der Waals surface area (Å²) in [5.74, 6) is -0.0573. The number of aliphatic hydroxyl groups excluding tert-OH is 1. The fourth-order valence-corrected chi connectivity index (χ4v) is 3.36. The minimum Gasteiger partial charge on any atom is -0.396 e. The van der Waals surface area contributed by atoms with E-state index in [1.165, 1.54) is 11.3 Å². The van der Waals surface area contributed by atoms with Crippen molar-refractivity contribution in [3.8, 4) is 0 Å². The fraction of sp³-hybridized carbons (Fsp3) is 0.667. The third-order valence-electron chi connectivity index (χ3n) is 1.93. The van der Waals surface area contributed by atoms with Gasteiger partial charge in [0.25, 0.3) is 0 Å². The summed E-state index contributed by atoms with van der Waals surface area (Å²) in [7, 11) is -3.33. The van der Waals surface area contributed by atoms with Gasteiger partial charge in [0.05, 0.1) is 11.8 Å². The predicted molar refractivity (Wildman–Crippen MR) is 63.9 cm³/mol. The van der Waals surface area contributed by atoms with Crippen LogP contribution in [0.25, 0.3) is 0 Å². The molecule has 92 valence electrons. The molecular formula is C9H16N2O3S2. The van der Waals surface area contributed by atoms with Crippen LogP contribution in [0.1, 0.15) is 30.1 Å². The Labute approximate surface area is 99.6 Å². The molecular weight excluding hydrogens is 248 g/mol. The molecule has 1 unspecified atom stereocenters. The molecule has 2 N–H and O–H groups in total. The van der Waals surface area contributed by atoms with Crippen LogP contribution in [-0.4, -0.2) is 30.9 Å². The van der Waals surface area contributed by atoms with Crippen LogP contribution in [0.3, 0.4) is 0 Å². The maximum absolute atomic E-state index is 11.5. The Morgan fingerprint density at radius 3 is 2.81 bits per heavy atom. The number of nitrogens with zero attached hydrogens (tertiary/aromatic N) is 1. The third-order valence-corrected chi connectivity index (χ3v) is 4.62. The van der Waals surface area contributed by atoms with Gasteiger partial charge in [-0.15, -0.1) is 11.3 Å². The second kappa shape index (κ2) is 5.72. The van der Waals surface area contributed by atoms with Gasteiger partial charge in [-0.05, 0) is 20.3 Å². The van der Waals surface area contributed by atoms with E-state index < -0.39 is 10.0 Å². The van der Waals surface area contributed by atoms with Gasteiger partial charge in [0.15, 0.2) is 0 Å².